The molecule has 0 atom stereocenters. The zero-order valence-corrected chi connectivity index (χ0v) is 10.8. The molecule has 0 bridgehead atoms. The lowest BCUT2D eigenvalue weighted by molar-refractivity contribution is -0.0436. The van der Waals surface area contributed by atoms with Gasteiger partial charge in [0.2, 0.25) is 0 Å². The van der Waals surface area contributed by atoms with Crippen molar-refractivity contribution < 1.29 is 19.4 Å². The molecule has 1 N–H and O–H groups in total. The number of aromatic carboxylic acids is 1. The second-order valence-electron chi connectivity index (χ2n) is 4.51. The van der Waals surface area contributed by atoms with E-state index in [0.29, 0.717) is 18.8 Å². The van der Waals surface area contributed by atoms with Gasteiger partial charge in [-0.15, -0.1) is 0 Å². The smallest absolute Gasteiger partial charge is 0.336 e. The minimum Gasteiger partial charge on any atom is -0.478 e. The van der Waals surface area contributed by atoms with Crippen LogP contribution in [0.3, 0.4) is 0 Å². The Bertz CT molecular complexity index is 630. The van der Waals surface area contributed by atoms with Gasteiger partial charge in [-0.1, -0.05) is 42.5 Å². The number of benzene rings is 2. The minimum absolute atomic E-state index is 0.276. The van der Waals surface area contributed by atoms with Crippen molar-refractivity contribution in [3.63, 3.8) is 0 Å². The van der Waals surface area contributed by atoms with E-state index in [9.17, 15) is 9.90 Å². The third-order valence-corrected chi connectivity index (χ3v) is 3.28. The molecule has 102 valence electrons. The van der Waals surface area contributed by atoms with Crippen LogP contribution < -0.4 is 0 Å². The highest BCUT2D eigenvalue weighted by atomic mass is 16.7. The van der Waals surface area contributed by atoms with E-state index in [0.717, 1.165) is 11.1 Å². The maximum Gasteiger partial charge on any atom is 0.336 e. The van der Waals surface area contributed by atoms with Gasteiger partial charge in [0.05, 0.1) is 18.8 Å². The molecule has 0 saturated carbocycles. The number of carbonyl (C=O) groups is 1. The first-order valence-corrected chi connectivity index (χ1v) is 6.42. The number of rotatable bonds is 3. The first kappa shape index (κ1) is 12.8. The summed E-state index contributed by atoms with van der Waals surface area (Å²) in [6.07, 6.45) is -0.423. The molecular formula is C16H14O4. The van der Waals surface area contributed by atoms with Crippen molar-refractivity contribution >= 4 is 5.97 Å². The monoisotopic (exact) mass is 270 g/mol. The van der Waals surface area contributed by atoms with E-state index in [2.05, 4.69) is 0 Å². The molecule has 1 heterocycles. The predicted octanol–water partition coefficient (Wildman–Crippen LogP) is 3.10. The van der Waals surface area contributed by atoms with E-state index in [-0.39, 0.29) is 5.56 Å². The van der Waals surface area contributed by atoms with Gasteiger partial charge in [0, 0.05) is 5.56 Å². The molecule has 0 unspecified atom stereocenters. The fraction of sp³-hybridized carbons (Fsp3) is 0.188. The molecule has 2 aromatic rings. The summed E-state index contributed by atoms with van der Waals surface area (Å²) in [6, 6.07) is 14.5. The van der Waals surface area contributed by atoms with Gasteiger partial charge in [0.1, 0.15) is 0 Å². The summed E-state index contributed by atoms with van der Waals surface area (Å²) in [4.78, 5) is 11.4. The summed E-state index contributed by atoms with van der Waals surface area (Å²) in [6.45, 7) is 1.11. The Morgan fingerprint density at radius 1 is 0.950 bits per heavy atom. The van der Waals surface area contributed by atoms with Crippen LogP contribution in [0.1, 0.15) is 22.2 Å². The second-order valence-corrected chi connectivity index (χ2v) is 4.51. The molecule has 4 heteroatoms. The van der Waals surface area contributed by atoms with Crippen molar-refractivity contribution in [3.05, 3.63) is 59.7 Å². The van der Waals surface area contributed by atoms with Crippen LogP contribution in [-0.4, -0.2) is 24.3 Å². The van der Waals surface area contributed by atoms with E-state index in [1.165, 1.54) is 0 Å². The van der Waals surface area contributed by atoms with E-state index in [1.807, 2.05) is 30.3 Å². The minimum atomic E-state index is -0.941. The molecule has 2 aromatic carbocycles. The van der Waals surface area contributed by atoms with Crippen molar-refractivity contribution in [2.45, 2.75) is 6.29 Å². The van der Waals surface area contributed by atoms with Crippen LogP contribution in [0.25, 0.3) is 11.1 Å². The zero-order chi connectivity index (χ0) is 13.9. The fourth-order valence-corrected chi connectivity index (χ4v) is 2.39. The lowest BCUT2D eigenvalue weighted by Gasteiger charge is -2.16. The Balaban J connectivity index is 2.13. The number of carboxylic acid groups (broad SMARTS) is 1. The average molecular weight is 270 g/mol. The summed E-state index contributed by atoms with van der Waals surface area (Å²) in [7, 11) is 0. The Morgan fingerprint density at radius 3 is 2.25 bits per heavy atom. The molecule has 1 aliphatic heterocycles. The van der Waals surface area contributed by atoms with Crippen LogP contribution in [-0.2, 0) is 9.47 Å². The number of hydrogen-bond acceptors (Lipinski definition) is 3. The van der Waals surface area contributed by atoms with Crippen molar-refractivity contribution in [3.8, 4) is 11.1 Å². The van der Waals surface area contributed by atoms with Crippen LogP contribution in [0, 0.1) is 0 Å². The topological polar surface area (TPSA) is 55.8 Å². The molecule has 4 nitrogen and oxygen atoms in total. The largest absolute Gasteiger partial charge is 0.478 e. The lowest BCUT2D eigenvalue weighted by Crippen LogP contribution is -2.04. The van der Waals surface area contributed by atoms with Crippen molar-refractivity contribution in [2.24, 2.45) is 0 Å². The van der Waals surface area contributed by atoms with E-state index < -0.39 is 12.3 Å². The van der Waals surface area contributed by atoms with Crippen LogP contribution in [0.2, 0.25) is 0 Å². The number of hydrogen-bond donors (Lipinski definition) is 1. The summed E-state index contributed by atoms with van der Waals surface area (Å²) in [5.74, 6) is -0.941. The Morgan fingerprint density at radius 2 is 1.55 bits per heavy atom. The molecule has 0 spiro atoms. The van der Waals surface area contributed by atoms with Gasteiger partial charge in [0.25, 0.3) is 0 Å². The van der Waals surface area contributed by atoms with Crippen molar-refractivity contribution in [2.75, 3.05) is 13.2 Å². The van der Waals surface area contributed by atoms with Crippen LogP contribution in [0.5, 0.6) is 0 Å². The zero-order valence-electron chi connectivity index (χ0n) is 10.8. The van der Waals surface area contributed by atoms with Gasteiger partial charge in [-0.3, -0.25) is 0 Å². The van der Waals surface area contributed by atoms with Gasteiger partial charge < -0.3 is 14.6 Å². The average Bonchev–Trinajstić information content (AvgIpc) is 3.01. The van der Waals surface area contributed by atoms with Gasteiger partial charge >= 0.3 is 5.97 Å². The summed E-state index contributed by atoms with van der Waals surface area (Å²) in [5, 5.41) is 9.32. The van der Waals surface area contributed by atoms with E-state index in [1.54, 1.807) is 18.2 Å². The molecule has 0 aliphatic carbocycles. The summed E-state index contributed by atoms with van der Waals surface area (Å²) < 4.78 is 11.1. The maximum atomic E-state index is 11.4. The Kier molecular flexibility index (Phi) is 3.50. The van der Waals surface area contributed by atoms with Crippen LogP contribution in [0.4, 0.5) is 0 Å². The third kappa shape index (κ3) is 2.31. The first-order chi connectivity index (χ1) is 9.77. The summed E-state index contributed by atoms with van der Waals surface area (Å²) >= 11 is 0. The highest BCUT2D eigenvalue weighted by Gasteiger charge is 2.23. The molecule has 1 aliphatic rings. The van der Waals surface area contributed by atoms with Gasteiger partial charge in [-0.2, -0.15) is 0 Å². The van der Waals surface area contributed by atoms with Gasteiger partial charge in [-0.25, -0.2) is 4.79 Å². The van der Waals surface area contributed by atoms with E-state index >= 15 is 0 Å². The number of ether oxygens (including phenoxy) is 2. The number of carboxylic acids is 1. The quantitative estimate of drug-likeness (QED) is 0.931. The molecular weight excluding hydrogens is 256 g/mol. The third-order valence-electron chi connectivity index (χ3n) is 3.28. The Hall–Kier alpha value is -2.17. The SMILES string of the molecule is O=C(O)c1ccccc1-c1ccccc1C1OCCO1. The predicted molar refractivity (Wildman–Crippen MR) is 73.5 cm³/mol. The van der Waals surface area contributed by atoms with Gasteiger partial charge in [0.15, 0.2) is 6.29 Å². The molecule has 0 aromatic heterocycles. The highest BCUT2D eigenvalue weighted by molar-refractivity contribution is 5.96. The highest BCUT2D eigenvalue weighted by Crippen LogP contribution is 2.34. The molecule has 0 amide bonds. The molecule has 1 saturated heterocycles. The Labute approximate surface area is 116 Å². The lowest BCUT2D eigenvalue weighted by atomic mass is 9.95. The molecule has 3 rings (SSSR count). The van der Waals surface area contributed by atoms with Crippen molar-refractivity contribution in [1.29, 1.82) is 0 Å². The van der Waals surface area contributed by atoms with Crippen LogP contribution >= 0.6 is 0 Å². The summed E-state index contributed by atoms with van der Waals surface area (Å²) in [5.41, 5.74) is 2.64. The second kappa shape index (κ2) is 5.45. The normalized spacial score (nSPS) is 15.4. The first-order valence-electron chi connectivity index (χ1n) is 6.42. The molecule has 20 heavy (non-hydrogen) atoms. The fourth-order valence-electron chi connectivity index (χ4n) is 2.39. The van der Waals surface area contributed by atoms with Gasteiger partial charge in [-0.05, 0) is 17.2 Å². The maximum absolute atomic E-state index is 11.4. The molecule has 1 fully saturated rings. The van der Waals surface area contributed by atoms with E-state index in [4.69, 9.17) is 9.47 Å². The van der Waals surface area contributed by atoms with Crippen molar-refractivity contribution in [1.82, 2.24) is 0 Å². The standard InChI is InChI=1S/C16H14O4/c17-15(18)13-7-3-1-5-11(13)12-6-2-4-8-14(12)16-19-9-10-20-16/h1-8,16H,9-10H2,(H,17,18). The van der Waals surface area contributed by atoms with Crippen LogP contribution in [0.15, 0.2) is 48.5 Å². The molecule has 0 radical (unpaired) electrons.